The zero-order chi connectivity index (χ0) is 13.8. The lowest BCUT2D eigenvalue weighted by Gasteiger charge is -2.08. The molecule has 4 nitrogen and oxygen atoms in total. The van der Waals surface area contributed by atoms with E-state index in [1.54, 1.807) is 12.1 Å². The zero-order valence-corrected chi connectivity index (χ0v) is 10.1. The van der Waals surface area contributed by atoms with Gasteiger partial charge in [-0.05, 0) is 36.4 Å². The fourth-order valence-electron chi connectivity index (χ4n) is 1.65. The van der Waals surface area contributed by atoms with Gasteiger partial charge in [0.25, 0.3) is 5.91 Å². The number of hydrogen-bond donors (Lipinski definition) is 3. The van der Waals surface area contributed by atoms with Gasteiger partial charge in [-0.25, -0.2) is 4.39 Å². The first-order valence-corrected chi connectivity index (χ1v) is 5.67. The molecule has 2 aromatic carbocycles. The Labute approximate surface area is 109 Å². The second-order valence-electron chi connectivity index (χ2n) is 4.08. The average Bonchev–Trinajstić information content (AvgIpc) is 2.39. The Morgan fingerprint density at radius 1 is 1.26 bits per heavy atom. The van der Waals surface area contributed by atoms with Crippen molar-refractivity contribution in [2.24, 2.45) is 0 Å². The van der Waals surface area contributed by atoms with Gasteiger partial charge in [0.2, 0.25) is 0 Å². The summed E-state index contributed by atoms with van der Waals surface area (Å²) < 4.78 is 13.0. The molecule has 0 fully saturated rings. The highest BCUT2D eigenvalue weighted by atomic mass is 19.1. The Kier molecular flexibility index (Phi) is 3.66. The van der Waals surface area contributed by atoms with Crippen LogP contribution in [0.1, 0.15) is 15.9 Å². The number of carbonyl (C=O) groups excluding carboxylic acids is 1. The third-order valence-corrected chi connectivity index (χ3v) is 2.63. The Hall–Kier alpha value is -2.56. The van der Waals surface area contributed by atoms with Crippen LogP contribution in [0.4, 0.5) is 10.1 Å². The quantitative estimate of drug-likeness (QED) is 0.584. The molecule has 0 aliphatic rings. The number of nitrogen functional groups attached to an aromatic ring is 1. The molecule has 0 heterocycles. The maximum Gasteiger partial charge on any atom is 0.251 e. The smallest absolute Gasteiger partial charge is 0.251 e. The second kappa shape index (κ2) is 5.39. The summed E-state index contributed by atoms with van der Waals surface area (Å²) in [6.07, 6.45) is 0. The predicted octanol–water partition coefficient (Wildman–Crippen LogP) is 2.04. The minimum Gasteiger partial charge on any atom is -0.508 e. The Morgan fingerprint density at radius 2 is 2.05 bits per heavy atom. The normalized spacial score (nSPS) is 10.2. The number of anilines is 1. The summed E-state index contributed by atoms with van der Waals surface area (Å²) in [6.45, 7) is 0.117. The lowest BCUT2D eigenvalue weighted by Crippen LogP contribution is -2.22. The van der Waals surface area contributed by atoms with E-state index in [4.69, 9.17) is 5.73 Å². The molecule has 0 saturated carbocycles. The minimum atomic E-state index is -0.473. The van der Waals surface area contributed by atoms with Crippen LogP contribution in [0, 0.1) is 5.82 Å². The number of phenols is 1. The molecular formula is C14H13FN2O2. The van der Waals surface area contributed by atoms with Crippen LogP contribution in [0.25, 0.3) is 0 Å². The van der Waals surface area contributed by atoms with Crippen LogP contribution in [0.3, 0.4) is 0 Å². The van der Waals surface area contributed by atoms with E-state index in [0.29, 0.717) is 11.3 Å². The SMILES string of the molecule is Nc1ccc(O)c(CNC(=O)c2cccc(F)c2)c1. The van der Waals surface area contributed by atoms with Gasteiger partial charge in [0.1, 0.15) is 11.6 Å². The van der Waals surface area contributed by atoms with Crippen molar-refractivity contribution >= 4 is 11.6 Å². The second-order valence-corrected chi connectivity index (χ2v) is 4.08. The fraction of sp³-hybridized carbons (Fsp3) is 0.0714. The van der Waals surface area contributed by atoms with E-state index in [1.807, 2.05) is 0 Å². The molecule has 0 bridgehead atoms. The highest BCUT2D eigenvalue weighted by molar-refractivity contribution is 5.94. The zero-order valence-electron chi connectivity index (χ0n) is 10.1. The molecule has 0 aliphatic carbocycles. The van der Waals surface area contributed by atoms with Crippen molar-refractivity contribution in [2.45, 2.75) is 6.54 Å². The Morgan fingerprint density at radius 3 is 2.79 bits per heavy atom. The van der Waals surface area contributed by atoms with Crippen molar-refractivity contribution in [2.75, 3.05) is 5.73 Å². The molecule has 0 radical (unpaired) electrons. The summed E-state index contributed by atoms with van der Waals surface area (Å²) in [5, 5.41) is 12.2. The summed E-state index contributed by atoms with van der Waals surface area (Å²) in [5.74, 6) is -0.838. The molecule has 2 aromatic rings. The molecule has 2 rings (SSSR count). The summed E-state index contributed by atoms with van der Waals surface area (Å²) in [6, 6.07) is 9.97. The van der Waals surface area contributed by atoms with Crippen LogP contribution < -0.4 is 11.1 Å². The molecule has 5 heteroatoms. The van der Waals surface area contributed by atoms with Crippen molar-refractivity contribution in [3.8, 4) is 5.75 Å². The molecule has 4 N–H and O–H groups in total. The van der Waals surface area contributed by atoms with Gasteiger partial charge in [-0.15, -0.1) is 0 Å². The van der Waals surface area contributed by atoms with Gasteiger partial charge in [-0.2, -0.15) is 0 Å². The molecule has 0 aliphatic heterocycles. The monoisotopic (exact) mass is 260 g/mol. The number of amides is 1. The minimum absolute atomic E-state index is 0.0498. The van der Waals surface area contributed by atoms with Crippen molar-refractivity contribution in [3.63, 3.8) is 0 Å². The summed E-state index contributed by atoms with van der Waals surface area (Å²) in [5.41, 5.74) is 6.81. The van der Waals surface area contributed by atoms with E-state index < -0.39 is 11.7 Å². The van der Waals surface area contributed by atoms with Crippen LogP contribution in [-0.4, -0.2) is 11.0 Å². The lowest BCUT2D eigenvalue weighted by molar-refractivity contribution is 0.0950. The predicted molar refractivity (Wildman–Crippen MR) is 70.1 cm³/mol. The number of benzene rings is 2. The van der Waals surface area contributed by atoms with Crippen molar-refractivity contribution < 1.29 is 14.3 Å². The third kappa shape index (κ3) is 3.22. The van der Waals surface area contributed by atoms with Crippen LogP contribution in [0.15, 0.2) is 42.5 Å². The number of phenolic OH excluding ortho intramolecular Hbond substituents is 1. The van der Waals surface area contributed by atoms with E-state index in [1.165, 1.54) is 24.3 Å². The number of carbonyl (C=O) groups is 1. The number of nitrogens with two attached hydrogens (primary N) is 1. The number of nitrogens with one attached hydrogen (secondary N) is 1. The number of hydrogen-bond acceptors (Lipinski definition) is 3. The number of halogens is 1. The van der Waals surface area contributed by atoms with Gasteiger partial charge in [0.05, 0.1) is 0 Å². The van der Waals surface area contributed by atoms with Gasteiger partial charge < -0.3 is 16.2 Å². The molecule has 0 unspecified atom stereocenters. The van der Waals surface area contributed by atoms with Gasteiger partial charge >= 0.3 is 0 Å². The topological polar surface area (TPSA) is 75.3 Å². The molecule has 98 valence electrons. The molecular weight excluding hydrogens is 247 g/mol. The molecule has 0 spiro atoms. The number of aromatic hydroxyl groups is 1. The largest absolute Gasteiger partial charge is 0.508 e. The maximum atomic E-state index is 13.0. The van der Waals surface area contributed by atoms with Crippen LogP contribution in [0.5, 0.6) is 5.75 Å². The third-order valence-electron chi connectivity index (χ3n) is 2.63. The molecule has 1 amide bonds. The fourth-order valence-corrected chi connectivity index (χ4v) is 1.65. The summed E-state index contributed by atoms with van der Waals surface area (Å²) in [7, 11) is 0. The van der Waals surface area contributed by atoms with E-state index in [2.05, 4.69) is 5.32 Å². The first kappa shape index (κ1) is 12.9. The lowest BCUT2D eigenvalue weighted by atomic mass is 10.1. The average molecular weight is 260 g/mol. The molecule has 0 saturated heterocycles. The van der Waals surface area contributed by atoms with Crippen LogP contribution in [-0.2, 0) is 6.54 Å². The first-order valence-electron chi connectivity index (χ1n) is 5.67. The van der Waals surface area contributed by atoms with Gasteiger partial charge in [-0.1, -0.05) is 6.07 Å². The van der Waals surface area contributed by atoms with Gasteiger partial charge in [-0.3, -0.25) is 4.79 Å². The Balaban J connectivity index is 2.06. The highest BCUT2D eigenvalue weighted by Gasteiger charge is 2.08. The van der Waals surface area contributed by atoms with Crippen molar-refractivity contribution in [1.82, 2.24) is 5.32 Å². The van der Waals surface area contributed by atoms with Gasteiger partial charge in [0, 0.05) is 23.4 Å². The molecule has 0 aromatic heterocycles. The van der Waals surface area contributed by atoms with Gasteiger partial charge in [0.15, 0.2) is 0 Å². The summed E-state index contributed by atoms with van der Waals surface area (Å²) >= 11 is 0. The van der Waals surface area contributed by atoms with E-state index >= 15 is 0 Å². The molecule has 0 atom stereocenters. The standard InChI is InChI=1S/C14H13FN2O2/c15-11-3-1-2-9(6-11)14(19)17-8-10-7-12(16)4-5-13(10)18/h1-7,18H,8,16H2,(H,17,19). The van der Waals surface area contributed by atoms with E-state index in [9.17, 15) is 14.3 Å². The number of rotatable bonds is 3. The van der Waals surface area contributed by atoms with Crippen LogP contribution in [0.2, 0.25) is 0 Å². The van der Waals surface area contributed by atoms with Crippen molar-refractivity contribution in [3.05, 3.63) is 59.4 Å². The summed E-state index contributed by atoms with van der Waals surface area (Å²) in [4.78, 5) is 11.8. The first-order chi connectivity index (χ1) is 9.06. The van der Waals surface area contributed by atoms with Crippen LogP contribution >= 0.6 is 0 Å². The van der Waals surface area contributed by atoms with Crippen molar-refractivity contribution in [1.29, 1.82) is 0 Å². The maximum absolute atomic E-state index is 13.0. The van der Waals surface area contributed by atoms with E-state index in [-0.39, 0.29) is 17.9 Å². The Bertz CT molecular complexity index is 614. The molecule has 19 heavy (non-hydrogen) atoms. The van der Waals surface area contributed by atoms with E-state index in [0.717, 1.165) is 6.07 Å². The highest BCUT2D eigenvalue weighted by Crippen LogP contribution is 2.19.